The lowest BCUT2D eigenvalue weighted by atomic mass is 10.1. The Morgan fingerprint density at radius 3 is 2.50 bits per heavy atom. The summed E-state index contributed by atoms with van der Waals surface area (Å²) in [7, 11) is 0. The van der Waals surface area contributed by atoms with E-state index in [1.165, 1.54) is 16.9 Å². The smallest absolute Gasteiger partial charge is 0.246 e. The van der Waals surface area contributed by atoms with Crippen LogP contribution in [0.2, 0.25) is 0 Å². The molecule has 2 amide bonds. The number of amides is 2. The number of likely N-dealkylation sites (tertiary alicyclic amines) is 1. The maximum atomic E-state index is 14.0. The van der Waals surface area contributed by atoms with Gasteiger partial charge in [-0.05, 0) is 55.0 Å². The molecule has 0 radical (unpaired) electrons. The number of thiazole rings is 1. The van der Waals surface area contributed by atoms with Gasteiger partial charge in [-0.15, -0.1) is 11.3 Å². The van der Waals surface area contributed by atoms with Gasteiger partial charge in [0.1, 0.15) is 6.04 Å². The van der Waals surface area contributed by atoms with Gasteiger partial charge in [-0.3, -0.25) is 19.3 Å². The first-order valence-corrected chi connectivity index (χ1v) is 14.1. The van der Waals surface area contributed by atoms with Crippen LogP contribution in [-0.2, 0) is 22.4 Å². The third-order valence-corrected chi connectivity index (χ3v) is 8.62. The minimum absolute atomic E-state index is 0.0440. The molecule has 38 heavy (non-hydrogen) atoms. The van der Waals surface area contributed by atoms with E-state index in [1.54, 1.807) is 9.80 Å². The van der Waals surface area contributed by atoms with Crippen LogP contribution in [0, 0.1) is 0 Å². The Kier molecular flexibility index (Phi) is 6.77. The number of para-hydroxylation sites is 2. The number of Topliss-reactive ketones (excluding diaryl/α,β-unsaturated/α-hetero) is 1. The average molecular weight is 524 g/mol. The summed E-state index contributed by atoms with van der Waals surface area (Å²) in [4.78, 5) is 49.0. The van der Waals surface area contributed by atoms with Crippen LogP contribution in [0.5, 0.6) is 0 Å². The van der Waals surface area contributed by atoms with Gasteiger partial charge < -0.3 is 4.90 Å². The summed E-state index contributed by atoms with van der Waals surface area (Å²) in [5.74, 6) is -0.291. The molecule has 4 aromatic rings. The highest BCUT2D eigenvalue weighted by molar-refractivity contribution is 7.20. The standard InChI is InChI=1S/C31H29N3O3S/c35-28(18-8-12-21-10-2-1-3-11-21)34-24-15-6-4-13-22(24)20-26(34)31(37)33-19-9-16-25(33)29(36)30-32-23-14-5-7-17-27(23)38-30/h1-7,10-11,13-15,17,25-26H,8-9,12,16,18-20H2/t25-,26-/m0/s1. The van der Waals surface area contributed by atoms with Gasteiger partial charge in [0.25, 0.3) is 0 Å². The van der Waals surface area contributed by atoms with Gasteiger partial charge in [-0.1, -0.05) is 60.7 Å². The number of ketones is 1. The lowest BCUT2D eigenvalue weighted by Gasteiger charge is -2.31. The SMILES string of the molecule is O=C(c1nc2ccccc2s1)[C@@H]1CCCN1C(=O)[C@@H]1Cc2ccccc2N1C(=O)CCCc1ccccc1. The third kappa shape index (κ3) is 4.63. The van der Waals surface area contributed by atoms with E-state index < -0.39 is 12.1 Å². The van der Waals surface area contributed by atoms with Crippen molar-refractivity contribution in [2.24, 2.45) is 0 Å². The van der Waals surface area contributed by atoms with Crippen molar-refractivity contribution in [2.45, 2.75) is 50.6 Å². The molecule has 2 aliphatic heterocycles. The second kappa shape index (κ2) is 10.5. The number of benzene rings is 3. The van der Waals surface area contributed by atoms with Gasteiger partial charge in [0, 0.05) is 25.1 Å². The second-order valence-corrected chi connectivity index (χ2v) is 11.0. The van der Waals surface area contributed by atoms with Gasteiger partial charge in [0.15, 0.2) is 5.01 Å². The first-order chi connectivity index (χ1) is 18.6. The van der Waals surface area contributed by atoms with E-state index in [9.17, 15) is 14.4 Å². The summed E-state index contributed by atoms with van der Waals surface area (Å²) >= 11 is 1.38. The van der Waals surface area contributed by atoms with Crippen LogP contribution in [0.4, 0.5) is 5.69 Å². The molecule has 6 rings (SSSR count). The number of rotatable bonds is 7. The Morgan fingerprint density at radius 1 is 0.895 bits per heavy atom. The van der Waals surface area contributed by atoms with Crippen molar-refractivity contribution in [3.63, 3.8) is 0 Å². The van der Waals surface area contributed by atoms with Gasteiger partial charge in [-0.2, -0.15) is 0 Å². The van der Waals surface area contributed by atoms with Gasteiger partial charge in [0.05, 0.1) is 16.3 Å². The van der Waals surface area contributed by atoms with E-state index in [-0.39, 0.29) is 17.6 Å². The van der Waals surface area contributed by atoms with Crippen LogP contribution >= 0.6 is 11.3 Å². The minimum Gasteiger partial charge on any atom is -0.330 e. The molecule has 3 heterocycles. The van der Waals surface area contributed by atoms with E-state index in [4.69, 9.17) is 0 Å². The number of nitrogens with zero attached hydrogens (tertiary/aromatic N) is 3. The minimum atomic E-state index is -0.625. The van der Waals surface area contributed by atoms with E-state index >= 15 is 0 Å². The van der Waals surface area contributed by atoms with E-state index in [0.717, 1.165) is 34.3 Å². The predicted octanol–water partition coefficient (Wildman–Crippen LogP) is 5.45. The number of hydrogen-bond donors (Lipinski definition) is 0. The fourth-order valence-corrected chi connectivity index (χ4v) is 6.67. The van der Waals surface area contributed by atoms with Gasteiger partial charge in [-0.25, -0.2) is 4.98 Å². The Labute approximate surface area is 225 Å². The van der Waals surface area contributed by atoms with Crippen LogP contribution in [0.3, 0.4) is 0 Å². The number of anilines is 1. The largest absolute Gasteiger partial charge is 0.330 e. The van der Waals surface area contributed by atoms with Gasteiger partial charge >= 0.3 is 0 Å². The molecule has 0 aliphatic carbocycles. The number of fused-ring (bicyclic) bond motifs is 2. The molecular formula is C31H29N3O3S. The quantitative estimate of drug-likeness (QED) is 0.302. The summed E-state index contributed by atoms with van der Waals surface area (Å²) < 4.78 is 0.963. The Morgan fingerprint density at radius 2 is 1.66 bits per heavy atom. The molecule has 1 saturated heterocycles. The Hall–Kier alpha value is -3.84. The molecule has 0 N–H and O–H groups in total. The first kappa shape index (κ1) is 24.5. The Balaban J connectivity index is 1.21. The fraction of sp³-hybridized carbons (Fsp3) is 0.290. The van der Waals surface area contributed by atoms with Crippen LogP contribution < -0.4 is 4.90 Å². The molecule has 0 bridgehead atoms. The van der Waals surface area contributed by atoms with Crippen molar-refractivity contribution in [3.05, 3.63) is 95.0 Å². The summed E-state index contributed by atoms with van der Waals surface area (Å²) in [6.07, 6.45) is 3.73. The molecule has 0 unspecified atom stereocenters. The summed E-state index contributed by atoms with van der Waals surface area (Å²) in [6, 6.07) is 24.4. The van der Waals surface area contributed by atoms with Crippen molar-refractivity contribution in [3.8, 4) is 0 Å². The highest BCUT2D eigenvalue weighted by Crippen LogP contribution is 2.35. The Bertz CT molecular complexity index is 1470. The fourth-order valence-electron chi connectivity index (χ4n) is 5.72. The molecular weight excluding hydrogens is 494 g/mol. The van der Waals surface area contributed by atoms with Crippen molar-refractivity contribution < 1.29 is 14.4 Å². The van der Waals surface area contributed by atoms with E-state index in [1.807, 2.05) is 66.7 Å². The molecule has 6 nitrogen and oxygen atoms in total. The van der Waals surface area contributed by atoms with Crippen LogP contribution in [0.25, 0.3) is 10.2 Å². The second-order valence-electron chi connectivity index (χ2n) is 9.99. The van der Waals surface area contributed by atoms with E-state index in [2.05, 4.69) is 17.1 Å². The number of hydrogen-bond acceptors (Lipinski definition) is 5. The molecule has 7 heteroatoms. The highest BCUT2D eigenvalue weighted by atomic mass is 32.1. The third-order valence-electron chi connectivity index (χ3n) is 7.57. The lowest BCUT2D eigenvalue weighted by Crippen LogP contribution is -2.52. The maximum Gasteiger partial charge on any atom is 0.246 e. The zero-order chi connectivity index (χ0) is 26.1. The number of carbonyl (C=O) groups is 3. The zero-order valence-electron chi connectivity index (χ0n) is 21.1. The molecule has 0 saturated carbocycles. The van der Waals surface area contributed by atoms with E-state index in [0.29, 0.717) is 37.2 Å². The van der Waals surface area contributed by atoms with Crippen LogP contribution in [0.15, 0.2) is 78.9 Å². The first-order valence-electron chi connectivity index (χ1n) is 13.2. The molecule has 192 valence electrons. The average Bonchev–Trinajstić information content (AvgIpc) is 3.69. The molecule has 3 aromatic carbocycles. The monoisotopic (exact) mass is 523 g/mol. The van der Waals surface area contributed by atoms with Crippen molar-refractivity contribution in [1.82, 2.24) is 9.88 Å². The maximum absolute atomic E-state index is 14.0. The molecule has 0 spiro atoms. The summed E-state index contributed by atoms with van der Waals surface area (Å²) in [5, 5.41) is 0.444. The number of aromatic nitrogens is 1. The zero-order valence-corrected chi connectivity index (χ0v) is 21.9. The van der Waals surface area contributed by atoms with Crippen LogP contribution in [-0.4, -0.2) is 46.1 Å². The van der Waals surface area contributed by atoms with Crippen molar-refractivity contribution in [1.29, 1.82) is 0 Å². The lowest BCUT2D eigenvalue weighted by molar-refractivity contribution is -0.134. The molecule has 2 atom stereocenters. The topological polar surface area (TPSA) is 70.6 Å². The van der Waals surface area contributed by atoms with Gasteiger partial charge in [0.2, 0.25) is 17.6 Å². The summed E-state index contributed by atoms with van der Waals surface area (Å²) in [5.41, 5.74) is 3.80. The normalized spacial score (nSPS) is 18.6. The highest BCUT2D eigenvalue weighted by Gasteiger charge is 2.44. The predicted molar refractivity (Wildman–Crippen MR) is 149 cm³/mol. The molecule has 1 aromatic heterocycles. The molecule has 2 aliphatic rings. The summed E-state index contributed by atoms with van der Waals surface area (Å²) in [6.45, 7) is 0.517. The van der Waals surface area contributed by atoms with Crippen LogP contribution in [0.1, 0.15) is 46.6 Å². The van der Waals surface area contributed by atoms with Crippen molar-refractivity contribution in [2.75, 3.05) is 11.4 Å². The van der Waals surface area contributed by atoms with Crippen molar-refractivity contribution >= 4 is 44.8 Å². The molecule has 1 fully saturated rings. The number of aryl methyl sites for hydroxylation is 1. The number of carbonyl (C=O) groups excluding carboxylic acids is 3.